The molecule has 1 aliphatic heterocycles. The molecule has 0 bridgehead atoms. The van der Waals surface area contributed by atoms with E-state index in [1.54, 1.807) is 24.6 Å². The van der Waals surface area contributed by atoms with Gasteiger partial charge in [-0.05, 0) is 24.3 Å². The molecule has 0 N–H and O–H groups in total. The average Bonchev–Trinajstić information content (AvgIpc) is 3.22. The fraction of sp³-hybridized carbons (Fsp3) is 0.286. The fourth-order valence-corrected chi connectivity index (χ4v) is 4.17. The van der Waals surface area contributed by atoms with Crippen molar-refractivity contribution in [2.24, 2.45) is 0 Å². The summed E-state index contributed by atoms with van der Waals surface area (Å²) in [6.45, 7) is 3.01. The lowest BCUT2D eigenvalue weighted by atomic mass is 10.2. The number of carbonyl (C=O) groups excluding carboxylic acids is 1. The second-order valence-corrected chi connectivity index (χ2v) is 7.43. The highest BCUT2D eigenvalue weighted by Crippen LogP contribution is 2.32. The van der Waals surface area contributed by atoms with Gasteiger partial charge in [0.2, 0.25) is 5.91 Å². The van der Waals surface area contributed by atoms with Gasteiger partial charge in [-0.2, -0.15) is 0 Å². The Labute approximate surface area is 168 Å². The monoisotopic (exact) mass is 394 g/mol. The van der Waals surface area contributed by atoms with Crippen LogP contribution in [0.4, 0.5) is 5.82 Å². The second kappa shape index (κ2) is 8.39. The average molecular weight is 395 g/mol. The van der Waals surface area contributed by atoms with Gasteiger partial charge in [-0.25, -0.2) is 9.97 Å². The molecule has 4 rings (SSSR count). The van der Waals surface area contributed by atoms with E-state index < -0.39 is 0 Å². The first-order valence-electron chi connectivity index (χ1n) is 9.26. The molecule has 0 spiro atoms. The number of nitrogens with zero attached hydrogens (tertiary/aromatic N) is 4. The third-order valence-corrected chi connectivity index (χ3v) is 5.75. The number of thiazole rings is 1. The summed E-state index contributed by atoms with van der Waals surface area (Å²) in [4.78, 5) is 25.9. The zero-order valence-electron chi connectivity index (χ0n) is 15.7. The molecule has 0 radical (unpaired) electrons. The molecule has 1 aliphatic rings. The van der Waals surface area contributed by atoms with Crippen LogP contribution in [0.5, 0.6) is 5.75 Å². The first kappa shape index (κ1) is 18.4. The van der Waals surface area contributed by atoms with E-state index >= 15 is 0 Å². The molecule has 1 amide bonds. The van der Waals surface area contributed by atoms with Gasteiger partial charge in [-0.3, -0.25) is 4.79 Å². The van der Waals surface area contributed by atoms with Crippen LogP contribution in [0.2, 0.25) is 0 Å². The van der Waals surface area contributed by atoms with E-state index in [-0.39, 0.29) is 5.91 Å². The number of piperazine rings is 1. The Kier molecular flexibility index (Phi) is 5.53. The number of aromatic nitrogens is 2. The molecule has 6 nitrogen and oxygen atoms in total. The molecule has 1 saturated heterocycles. The van der Waals surface area contributed by atoms with Crippen LogP contribution in [-0.4, -0.2) is 54.1 Å². The van der Waals surface area contributed by atoms with E-state index in [2.05, 4.69) is 14.9 Å². The summed E-state index contributed by atoms with van der Waals surface area (Å²) in [5, 5.41) is 2.84. The van der Waals surface area contributed by atoms with E-state index in [1.807, 2.05) is 52.7 Å². The third-order valence-electron chi connectivity index (χ3n) is 4.83. The van der Waals surface area contributed by atoms with Crippen molar-refractivity contribution >= 4 is 23.1 Å². The number of rotatable bonds is 5. The van der Waals surface area contributed by atoms with Gasteiger partial charge in [-0.1, -0.05) is 18.2 Å². The van der Waals surface area contributed by atoms with Gasteiger partial charge in [0.1, 0.15) is 16.6 Å². The zero-order chi connectivity index (χ0) is 19.3. The van der Waals surface area contributed by atoms with Crippen molar-refractivity contribution in [3.05, 3.63) is 59.7 Å². The van der Waals surface area contributed by atoms with Gasteiger partial charge in [0, 0.05) is 37.8 Å². The van der Waals surface area contributed by atoms with Crippen molar-refractivity contribution in [3.63, 3.8) is 0 Å². The van der Waals surface area contributed by atoms with Crippen molar-refractivity contribution in [1.82, 2.24) is 14.9 Å². The van der Waals surface area contributed by atoms with Crippen molar-refractivity contribution in [2.45, 2.75) is 6.42 Å². The third kappa shape index (κ3) is 3.99. The molecule has 7 heteroatoms. The van der Waals surface area contributed by atoms with Gasteiger partial charge in [0.15, 0.2) is 0 Å². The highest BCUT2D eigenvalue weighted by Gasteiger charge is 2.22. The van der Waals surface area contributed by atoms with E-state index in [4.69, 9.17) is 4.74 Å². The number of hydrogen-bond donors (Lipinski definition) is 0. The number of anilines is 1. The fourth-order valence-electron chi connectivity index (χ4n) is 3.33. The van der Waals surface area contributed by atoms with Crippen LogP contribution in [0.15, 0.2) is 54.0 Å². The Balaban J connectivity index is 1.37. The number of pyridine rings is 1. The van der Waals surface area contributed by atoms with E-state index in [1.165, 1.54) is 0 Å². The lowest BCUT2D eigenvalue weighted by Crippen LogP contribution is -2.49. The van der Waals surface area contributed by atoms with Crippen LogP contribution in [0.3, 0.4) is 0 Å². The molecule has 1 aromatic carbocycles. The van der Waals surface area contributed by atoms with Gasteiger partial charge >= 0.3 is 0 Å². The molecule has 3 heterocycles. The van der Waals surface area contributed by atoms with Crippen molar-refractivity contribution in [1.29, 1.82) is 0 Å². The summed E-state index contributed by atoms with van der Waals surface area (Å²) in [5.41, 5.74) is 1.76. The van der Waals surface area contributed by atoms with Crippen LogP contribution in [0.25, 0.3) is 10.6 Å². The van der Waals surface area contributed by atoms with Crippen LogP contribution in [0, 0.1) is 0 Å². The minimum atomic E-state index is 0.123. The maximum atomic E-state index is 12.7. The number of amides is 1. The zero-order valence-corrected chi connectivity index (χ0v) is 16.6. The lowest BCUT2D eigenvalue weighted by Gasteiger charge is -2.35. The first-order chi connectivity index (χ1) is 13.7. The van der Waals surface area contributed by atoms with E-state index in [0.29, 0.717) is 19.5 Å². The van der Waals surface area contributed by atoms with Crippen molar-refractivity contribution < 1.29 is 9.53 Å². The molecular weight excluding hydrogens is 372 g/mol. The quantitative estimate of drug-likeness (QED) is 0.666. The molecule has 3 aromatic rings. The predicted octanol–water partition coefficient (Wildman–Crippen LogP) is 3.11. The lowest BCUT2D eigenvalue weighted by molar-refractivity contribution is -0.130. The second-order valence-electron chi connectivity index (χ2n) is 6.58. The molecule has 0 unspecified atom stereocenters. The summed E-state index contributed by atoms with van der Waals surface area (Å²) in [6.07, 6.45) is 2.13. The predicted molar refractivity (Wildman–Crippen MR) is 111 cm³/mol. The molecule has 0 atom stereocenters. The van der Waals surface area contributed by atoms with Crippen LogP contribution in [0.1, 0.15) is 5.69 Å². The Bertz CT molecular complexity index is 936. The SMILES string of the molecule is COc1ccccc1-c1nc(CC(=O)N2CCN(c3ccccn3)CC2)cs1. The minimum absolute atomic E-state index is 0.123. The number of benzene rings is 1. The van der Waals surface area contributed by atoms with Crippen molar-refractivity contribution in [3.8, 4) is 16.3 Å². The summed E-state index contributed by atoms with van der Waals surface area (Å²) in [6, 6.07) is 13.7. The highest BCUT2D eigenvalue weighted by molar-refractivity contribution is 7.13. The number of hydrogen-bond acceptors (Lipinski definition) is 6. The first-order valence-corrected chi connectivity index (χ1v) is 10.1. The van der Waals surface area contributed by atoms with E-state index in [9.17, 15) is 4.79 Å². The topological polar surface area (TPSA) is 58.6 Å². The van der Waals surface area contributed by atoms with Gasteiger partial charge in [0.25, 0.3) is 0 Å². The summed E-state index contributed by atoms with van der Waals surface area (Å²) < 4.78 is 5.41. The smallest absolute Gasteiger partial charge is 0.228 e. The normalized spacial score (nSPS) is 14.2. The molecule has 28 heavy (non-hydrogen) atoms. The van der Waals surface area contributed by atoms with Gasteiger partial charge in [0.05, 0.1) is 24.8 Å². The van der Waals surface area contributed by atoms with Crippen molar-refractivity contribution in [2.75, 3.05) is 38.2 Å². The largest absolute Gasteiger partial charge is 0.496 e. The van der Waals surface area contributed by atoms with Gasteiger partial charge < -0.3 is 14.5 Å². The Hall–Kier alpha value is -2.93. The maximum absolute atomic E-state index is 12.7. The van der Waals surface area contributed by atoms with Crippen LogP contribution >= 0.6 is 11.3 Å². The number of ether oxygens (including phenoxy) is 1. The van der Waals surface area contributed by atoms with Gasteiger partial charge in [-0.15, -0.1) is 11.3 Å². The maximum Gasteiger partial charge on any atom is 0.228 e. The molecule has 2 aromatic heterocycles. The molecule has 0 saturated carbocycles. The summed E-state index contributed by atoms with van der Waals surface area (Å²) in [5.74, 6) is 1.88. The molecule has 144 valence electrons. The minimum Gasteiger partial charge on any atom is -0.496 e. The number of carbonyl (C=O) groups is 1. The van der Waals surface area contributed by atoms with E-state index in [0.717, 1.165) is 40.9 Å². The Morgan fingerprint density at radius 2 is 1.89 bits per heavy atom. The Morgan fingerprint density at radius 3 is 2.64 bits per heavy atom. The number of para-hydroxylation sites is 1. The Morgan fingerprint density at radius 1 is 1.11 bits per heavy atom. The molecule has 1 fully saturated rings. The summed E-state index contributed by atoms with van der Waals surface area (Å²) in [7, 11) is 1.65. The summed E-state index contributed by atoms with van der Waals surface area (Å²) >= 11 is 1.54. The molecular formula is C21H22N4O2S. The molecule has 0 aliphatic carbocycles. The number of methoxy groups -OCH3 is 1. The standard InChI is InChI=1S/C21H22N4O2S/c1-27-18-7-3-2-6-17(18)21-23-16(15-28-21)14-20(26)25-12-10-24(11-13-25)19-8-4-5-9-22-19/h2-9,15H,10-14H2,1H3. The van der Waals surface area contributed by atoms with Crippen LogP contribution < -0.4 is 9.64 Å². The highest BCUT2D eigenvalue weighted by atomic mass is 32.1. The van der Waals surface area contributed by atoms with Crippen LogP contribution in [-0.2, 0) is 11.2 Å².